The van der Waals surface area contributed by atoms with Crippen molar-refractivity contribution in [1.82, 2.24) is 14.7 Å². The summed E-state index contributed by atoms with van der Waals surface area (Å²) >= 11 is 0. The third-order valence-electron chi connectivity index (χ3n) is 5.26. The lowest BCUT2D eigenvalue weighted by Gasteiger charge is -2.17. The molecular formula is C22H23N3O2. The fourth-order valence-electron chi connectivity index (χ4n) is 3.73. The first-order chi connectivity index (χ1) is 13.0. The van der Waals surface area contributed by atoms with E-state index in [9.17, 15) is 9.59 Å². The number of amides is 1. The Kier molecular flexibility index (Phi) is 4.52. The molecule has 1 aliphatic heterocycles. The predicted octanol–water partition coefficient (Wildman–Crippen LogP) is 3.30. The summed E-state index contributed by atoms with van der Waals surface area (Å²) in [5.74, 6) is -0.0377. The maximum atomic E-state index is 12.9. The SMILES string of the molecule is Cc1ccc(C)c(-c2nn(CC(=O)N3CCCC3)c(=O)c3ccccc23)c1. The molecule has 1 aliphatic rings. The molecule has 0 N–H and O–H groups in total. The number of aromatic nitrogens is 2. The van der Waals surface area contributed by atoms with Gasteiger partial charge in [0.15, 0.2) is 0 Å². The van der Waals surface area contributed by atoms with Gasteiger partial charge in [0.2, 0.25) is 5.91 Å². The maximum Gasteiger partial charge on any atom is 0.275 e. The Balaban J connectivity index is 1.88. The molecule has 0 aliphatic carbocycles. The normalized spacial score (nSPS) is 14.1. The molecule has 0 atom stereocenters. The first-order valence-corrected chi connectivity index (χ1v) is 9.40. The van der Waals surface area contributed by atoms with Crippen LogP contribution in [-0.4, -0.2) is 33.7 Å². The van der Waals surface area contributed by atoms with E-state index in [4.69, 9.17) is 0 Å². The quantitative estimate of drug-likeness (QED) is 0.719. The summed E-state index contributed by atoms with van der Waals surface area (Å²) in [7, 11) is 0. The zero-order valence-electron chi connectivity index (χ0n) is 15.7. The summed E-state index contributed by atoms with van der Waals surface area (Å²) in [5, 5.41) is 6.06. The molecule has 1 saturated heterocycles. The van der Waals surface area contributed by atoms with E-state index in [1.54, 1.807) is 0 Å². The van der Waals surface area contributed by atoms with Crippen LogP contribution >= 0.6 is 0 Å². The molecule has 5 nitrogen and oxygen atoms in total. The van der Waals surface area contributed by atoms with Gasteiger partial charge in [0, 0.05) is 24.0 Å². The van der Waals surface area contributed by atoms with Crippen LogP contribution in [0, 0.1) is 13.8 Å². The van der Waals surface area contributed by atoms with Crippen LogP contribution in [0.5, 0.6) is 0 Å². The number of carbonyl (C=O) groups excluding carboxylic acids is 1. The highest BCUT2D eigenvalue weighted by molar-refractivity contribution is 5.94. The molecular weight excluding hydrogens is 338 g/mol. The first kappa shape index (κ1) is 17.5. The zero-order chi connectivity index (χ0) is 19.0. The minimum absolute atomic E-state index is 0.0124. The van der Waals surface area contributed by atoms with Crippen LogP contribution < -0.4 is 5.56 Å². The van der Waals surface area contributed by atoms with Gasteiger partial charge in [-0.1, -0.05) is 35.9 Å². The molecule has 1 fully saturated rings. The Bertz CT molecular complexity index is 1080. The minimum atomic E-state index is -0.216. The van der Waals surface area contributed by atoms with E-state index in [1.807, 2.05) is 43.0 Å². The van der Waals surface area contributed by atoms with E-state index in [0.29, 0.717) is 5.39 Å². The van der Waals surface area contributed by atoms with Gasteiger partial charge >= 0.3 is 0 Å². The lowest BCUT2D eigenvalue weighted by Crippen LogP contribution is -2.36. The summed E-state index contributed by atoms with van der Waals surface area (Å²) in [6.07, 6.45) is 2.05. The fourth-order valence-corrected chi connectivity index (χ4v) is 3.73. The Labute approximate surface area is 158 Å². The van der Waals surface area contributed by atoms with Gasteiger partial charge < -0.3 is 4.90 Å². The highest BCUT2D eigenvalue weighted by Gasteiger charge is 2.21. The van der Waals surface area contributed by atoms with Crippen molar-refractivity contribution < 1.29 is 4.79 Å². The highest BCUT2D eigenvalue weighted by atomic mass is 16.2. The molecule has 27 heavy (non-hydrogen) atoms. The van der Waals surface area contributed by atoms with E-state index in [1.165, 1.54) is 4.68 Å². The third-order valence-corrected chi connectivity index (χ3v) is 5.26. The lowest BCUT2D eigenvalue weighted by atomic mass is 9.99. The molecule has 138 valence electrons. The van der Waals surface area contributed by atoms with Crippen molar-refractivity contribution >= 4 is 16.7 Å². The van der Waals surface area contributed by atoms with Crippen LogP contribution in [0.1, 0.15) is 24.0 Å². The number of fused-ring (bicyclic) bond motifs is 1. The topological polar surface area (TPSA) is 55.2 Å². The molecule has 5 heteroatoms. The number of likely N-dealkylation sites (tertiary alicyclic amines) is 1. The number of rotatable bonds is 3. The minimum Gasteiger partial charge on any atom is -0.341 e. The molecule has 1 amide bonds. The standard InChI is InChI=1S/C22H23N3O2/c1-15-9-10-16(2)19(13-15)21-17-7-3-4-8-18(17)22(27)25(23-21)14-20(26)24-11-5-6-12-24/h3-4,7-10,13H,5-6,11-12,14H2,1-2H3. The molecule has 0 saturated carbocycles. The van der Waals surface area contributed by atoms with Gasteiger partial charge in [0.05, 0.1) is 11.1 Å². The van der Waals surface area contributed by atoms with Gasteiger partial charge in [0.25, 0.3) is 5.56 Å². The van der Waals surface area contributed by atoms with Gasteiger partial charge in [0.1, 0.15) is 6.54 Å². The van der Waals surface area contributed by atoms with Crippen molar-refractivity contribution in [3.05, 3.63) is 63.9 Å². The van der Waals surface area contributed by atoms with Crippen molar-refractivity contribution in [2.24, 2.45) is 0 Å². The Hall–Kier alpha value is -2.95. The van der Waals surface area contributed by atoms with Gasteiger partial charge in [-0.05, 0) is 44.4 Å². The van der Waals surface area contributed by atoms with Crippen LogP contribution in [0.15, 0.2) is 47.3 Å². The average Bonchev–Trinajstić information content (AvgIpc) is 3.21. The maximum absolute atomic E-state index is 12.9. The number of carbonyl (C=O) groups is 1. The summed E-state index contributed by atoms with van der Waals surface area (Å²) < 4.78 is 1.33. The number of hydrogen-bond acceptors (Lipinski definition) is 3. The number of hydrogen-bond donors (Lipinski definition) is 0. The monoisotopic (exact) mass is 361 g/mol. The first-order valence-electron chi connectivity index (χ1n) is 9.40. The van der Waals surface area contributed by atoms with Crippen LogP contribution in [0.3, 0.4) is 0 Å². The van der Waals surface area contributed by atoms with Gasteiger partial charge in [-0.15, -0.1) is 0 Å². The Morgan fingerprint density at radius 1 is 1.04 bits per heavy atom. The average molecular weight is 361 g/mol. The molecule has 2 aromatic carbocycles. The van der Waals surface area contributed by atoms with E-state index >= 15 is 0 Å². The molecule has 0 bridgehead atoms. The van der Waals surface area contributed by atoms with E-state index in [0.717, 1.165) is 53.7 Å². The summed E-state index contributed by atoms with van der Waals surface area (Å²) in [4.78, 5) is 27.4. The van der Waals surface area contributed by atoms with E-state index < -0.39 is 0 Å². The van der Waals surface area contributed by atoms with Crippen molar-refractivity contribution in [2.45, 2.75) is 33.2 Å². The predicted molar refractivity (Wildman–Crippen MR) is 107 cm³/mol. The second kappa shape index (κ2) is 6.99. The fraction of sp³-hybridized carbons (Fsp3) is 0.318. The highest BCUT2D eigenvalue weighted by Crippen LogP contribution is 2.28. The Morgan fingerprint density at radius 2 is 1.74 bits per heavy atom. The smallest absolute Gasteiger partial charge is 0.275 e. The van der Waals surface area contributed by atoms with E-state index in [2.05, 4.69) is 23.3 Å². The molecule has 2 heterocycles. The van der Waals surface area contributed by atoms with Crippen molar-refractivity contribution in [3.63, 3.8) is 0 Å². The van der Waals surface area contributed by atoms with Crippen molar-refractivity contribution in [1.29, 1.82) is 0 Å². The van der Waals surface area contributed by atoms with Crippen LogP contribution in [-0.2, 0) is 11.3 Å². The Morgan fingerprint density at radius 3 is 2.48 bits per heavy atom. The second-order valence-corrected chi connectivity index (χ2v) is 7.26. The largest absolute Gasteiger partial charge is 0.341 e. The van der Waals surface area contributed by atoms with Crippen LogP contribution in [0.2, 0.25) is 0 Å². The number of benzene rings is 2. The lowest BCUT2D eigenvalue weighted by molar-refractivity contribution is -0.131. The van der Waals surface area contributed by atoms with Gasteiger partial charge in [-0.2, -0.15) is 5.10 Å². The number of nitrogens with zero attached hydrogens (tertiary/aromatic N) is 3. The molecule has 3 aromatic rings. The summed E-state index contributed by atoms with van der Waals surface area (Å²) in [6.45, 7) is 5.60. The zero-order valence-corrected chi connectivity index (χ0v) is 15.7. The van der Waals surface area contributed by atoms with E-state index in [-0.39, 0.29) is 18.0 Å². The van der Waals surface area contributed by atoms with Crippen molar-refractivity contribution in [3.8, 4) is 11.3 Å². The van der Waals surface area contributed by atoms with Crippen molar-refractivity contribution in [2.75, 3.05) is 13.1 Å². The molecule has 0 unspecified atom stereocenters. The molecule has 0 radical (unpaired) electrons. The third kappa shape index (κ3) is 3.25. The molecule has 0 spiro atoms. The van der Waals surface area contributed by atoms with Crippen LogP contribution in [0.4, 0.5) is 0 Å². The van der Waals surface area contributed by atoms with Gasteiger partial charge in [-0.3, -0.25) is 9.59 Å². The molecule has 1 aromatic heterocycles. The molecule has 4 rings (SSSR count). The van der Waals surface area contributed by atoms with Crippen LogP contribution in [0.25, 0.3) is 22.0 Å². The second-order valence-electron chi connectivity index (χ2n) is 7.26. The summed E-state index contributed by atoms with van der Waals surface area (Å²) in [6, 6.07) is 13.7. The summed E-state index contributed by atoms with van der Waals surface area (Å²) in [5.41, 5.74) is 3.75. The van der Waals surface area contributed by atoms with Gasteiger partial charge in [-0.25, -0.2) is 4.68 Å². The number of aryl methyl sites for hydroxylation is 2.